The minimum absolute atomic E-state index is 0.342. The molecular formula is C16H17BrN2O4S2. The molecule has 134 valence electrons. The summed E-state index contributed by atoms with van der Waals surface area (Å²) in [6, 6.07) is 6.28. The minimum Gasteiger partial charge on any atom is -0.480 e. The number of carbonyl (C=O) groups is 1. The zero-order valence-electron chi connectivity index (χ0n) is 13.3. The number of aromatic nitrogens is 1. The summed E-state index contributed by atoms with van der Waals surface area (Å²) in [5.74, 6) is -1.73. The molecule has 2 aromatic rings. The molecule has 1 unspecified atom stereocenters. The third kappa shape index (κ3) is 3.79. The average molecular weight is 445 g/mol. The van der Waals surface area contributed by atoms with Gasteiger partial charge in [0, 0.05) is 26.8 Å². The third-order valence-corrected chi connectivity index (χ3v) is 8.48. The molecule has 0 amide bonds. The van der Waals surface area contributed by atoms with Crippen molar-refractivity contribution in [2.75, 3.05) is 0 Å². The Morgan fingerprint density at radius 1 is 1.44 bits per heavy atom. The van der Waals surface area contributed by atoms with E-state index in [1.807, 2.05) is 24.3 Å². The van der Waals surface area contributed by atoms with Crippen LogP contribution in [-0.2, 0) is 14.8 Å². The number of carboxylic acid groups (broad SMARTS) is 1. The van der Waals surface area contributed by atoms with Gasteiger partial charge in [0.15, 0.2) is 0 Å². The van der Waals surface area contributed by atoms with Crippen LogP contribution in [-0.4, -0.2) is 35.1 Å². The SMILES string of the molecule is C[C@H](c1c[nH]c2ccccc12)[C@H](NS(=O)(=O)C1CC=C(Br)S1)C(=O)O. The van der Waals surface area contributed by atoms with Crippen molar-refractivity contribution in [2.24, 2.45) is 0 Å². The number of allylic oxidation sites excluding steroid dienone is 1. The molecule has 1 aliphatic heterocycles. The molecule has 1 aromatic heterocycles. The average Bonchev–Trinajstić information content (AvgIpc) is 3.18. The Hall–Kier alpha value is -1.29. The second-order valence-corrected chi connectivity index (χ2v) is 10.7. The summed E-state index contributed by atoms with van der Waals surface area (Å²) in [6.07, 6.45) is 3.85. The van der Waals surface area contributed by atoms with Gasteiger partial charge in [-0.05, 0) is 34.0 Å². The van der Waals surface area contributed by atoms with Crippen LogP contribution in [0.2, 0.25) is 0 Å². The van der Waals surface area contributed by atoms with Crippen molar-refractivity contribution >= 4 is 54.6 Å². The molecule has 1 aromatic carbocycles. The highest BCUT2D eigenvalue weighted by Gasteiger charge is 2.37. The predicted molar refractivity (Wildman–Crippen MR) is 103 cm³/mol. The molecule has 0 saturated heterocycles. The van der Waals surface area contributed by atoms with Crippen LogP contribution in [0.25, 0.3) is 10.9 Å². The van der Waals surface area contributed by atoms with Gasteiger partial charge in [-0.25, -0.2) is 8.42 Å². The monoisotopic (exact) mass is 444 g/mol. The molecule has 0 fully saturated rings. The summed E-state index contributed by atoms with van der Waals surface area (Å²) in [6.45, 7) is 1.72. The number of benzene rings is 1. The Kier molecular flexibility index (Phi) is 5.29. The van der Waals surface area contributed by atoms with E-state index in [1.165, 1.54) is 11.8 Å². The van der Waals surface area contributed by atoms with Crippen LogP contribution >= 0.6 is 27.7 Å². The lowest BCUT2D eigenvalue weighted by Gasteiger charge is -2.23. The maximum Gasteiger partial charge on any atom is 0.322 e. The number of hydrogen-bond donors (Lipinski definition) is 3. The number of hydrogen-bond acceptors (Lipinski definition) is 4. The van der Waals surface area contributed by atoms with E-state index >= 15 is 0 Å². The number of thioether (sulfide) groups is 1. The molecule has 3 rings (SSSR count). The number of para-hydroxylation sites is 1. The second kappa shape index (κ2) is 7.14. The van der Waals surface area contributed by atoms with Gasteiger partial charge in [-0.15, -0.1) is 0 Å². The van der Waals surface area contributed by atoms with E-state index < -0.39 is 32.5 Å². The fraction of sp³-hybridized carbons (Fsp3) is 0.312. The van der Waals surface area contributed by atoms with Gasteiger partial charge in [-0.2, -0.15) is 4.72 Å². The summed E-state index contributed by atoms with van der Waals surface area (Å²) in [5, 5.41) is 10.5. The number of rotatable bonds is 6. The summed E-state index contributed by atoms with van der Waals surface area (Å²) < 4.78 is 27.6. The van der Waals surface area contributed by atoms with Gasteiger partial charge < -0.3 is 10.1 Å². The highest BCUT2D eigenvalue weighted by molar-refractivity contribution is 9.14. The van der Waals surface area contributed by atoms with Crippen LogP contribution in [0.15, 0.2) is 40.4 Å². The van der Waals surface area contributed by atoms with Crippen LogP contribution in [0.5, 0.6) is 0 Å². The second-order valence-electron chi connectivity index (χ2n) is 5.85. The van der Waals surface area contributed by atoms with Crippen LogP contribution in [0, 0.1) is 0 Å². The maximum atomic E-state index is 12.6. The van der Waals surface area contributed by atoms with E-state index in [0.717, 1.165) is 20.3 Å². The molecule has 0 aliphatic carbocycles. The zero-order valence-corrected chi connectivity index (χ0v) is 16.5. The zero-order chi connectivity index (χ0) is 18.2. The van der Waals surface area contributed by atoms with Gasteiger partial charge in [0.25, 0.3) is 0 Å². The Balaban J connectivity index is 1.87. The molecule has 0 bridgehead atoms. The number of H-pyrrole nitrogens is 1. The predicted octanol–water partition coefficient (Wildman–Crippen LogP) is 3.34. The number of sulfonamides is 1. The summed E-state index contributed by atoms with van der Waals surface area (Å²) in [7, 11) is -3.79. The Morgan fingerprint density at radius 2 is 2.16 bits per heavy atom. The number of fused-ring (bicyclic) bond motifs is 1. The van der Waals surface area contributed by atoms with Crippen molar-refractivity contribution in [3.05, 3.63) is 45.9 Å². The fourth-order valence-electron chi connectivity index (χ4n) is 2.87. The molecular weight excluding hydrogens is 428 g/mol. The number of halogens is 1. The van der Waals surface area contributed by atoms with Crippen molar-refractivity contribution < 1.29 is 18.3 Å². The Bertz CT molecular complexity index is 939. The first-order valence-electron chi connectivity index (χ1n) is 7.62. The summed E-state index contributed by atoms with van der Waals surface area (Å²) in [5.41, 5.74) is 1.65. The molecule has 0 radical (unpaired) electrons. The molecule has 2 heterocycles. The summed E-state index contributed by atoms with van der Waals surface area (Å²) in [4.78, 5) is 14.9. The first-order chi connectivity index (χ1) is 11.8. The molecule has 0 saturated carbocycles. The van der Waals surface area contributed by atoms with Gasteiger partial charge in [0.2, 0.25) is 10.0 Å². The van der Waals surface area contributed by atoms with Crippen molar-refractivity contribution in [2.45, 2.75) is 29.9 Å². The van der Waals surface area contributed by atoms with Crippen LogP contribution < -0.4 is 4.72 Å². The molecule has 6 nitrogen and oxygen atoms in total. The van der Waals surface area contributed by atoms with E-state index in [9.17, 15) is 18.3 Å². The Labute approximate surface area is 158 Å². The van der Waals surface area contributed by atoms with E-state index in [-0.39, 0.29) is 0 Å². The van der Waals surface area contributed by atoms with Crippen molar-refractivity contribution in [1.29, 1.82) is 0 Å². The van der Waals surface area contributed by atoms with Crippen LogP contribution in [0.4, 0.5) is 0 Å². The first kappa shape index (κ1) is 18.5. The first-order valence-corrected chi connectivity index (χ1v) is 10.8. The minimum atomic E-state index is -3.79. The molecule has 0 spiro atoms. The normalized spacial score (nSPS) is 20.4. The number of carboxylic acids is 1. The van der Waals surface area contributed by atoms with Crippen LogP contribution in [0.3, 0.4) is 0 Å². The number of aliphatic carboxylic acids is 1. The number of nitrogens with one attached hydrogen (secondary N) is 2. The topological polar surface area (TPSA) is 99.3 Å². The lowest BCUT2D eigenvalue weighted by Crippen LogP contribution is -2.46. The standard InChI is InChI=1S/C16H17BrN2O4S2/c1-9(11-8-18-12-5-3-2-4-10(11)12)15(16(20)21)19-25(22,23)14-7-6-13(17)24-14/h2-6,8-9,14-15,18-19H,7H2,1H3,(H,20,21)/t9-,14?,15+/m1/s1. The van der Waals surface area contributed by atoms with Gasteiger partial charge in [0.1, 0.15) is 10.6 Å². The molecule has 3 N–H and O–H groups in total. The van der Waals surface area contributed by atoms with E-state index in [2.05, 4.69) is 25.6 Å². The molecule has 25 heavy (non-hydrogen) atoms. The third-order valence-electron chi connectivity index (χ3n) is 4.23. The van der Waals surface area contributed by atoms with Gasteiger partial charge >= 0.3 is 5.97 Å². The van der Waals surface area contributed by atoms with Crippen molar-refractivity contribution in [3.63, 3.8) is 0 Å². The van der Waals surface area contributed by atoms with Gasteiger partial charge in [-0.3, -0.25) is 4.79 Å². The van der Waals surface area contributed by atoms with E-state index in [4.69, 9.17) is 0 Å². The highest BCUT2D eigenvalue weighted by Crippen LogP contribution is 2.39. The Morgan fingerprint density at radius 3 is 2.80 bits per heavy atom. The number of aromatic amines is 1. The van der Waals surface area contributed by atoms with Crippen molar-refractivity contribution in [3.8, 4) is 0 Å². The lowest BCUT2D eigenvalue weighted by atomic mass is 9.93. The van der Waals surface area contributed by atoms with E-state index in [1.54, 1.807) is 19.2 Å². The van der Waals surface area contributed by atoms with Crippen LogP contribution in [0.1, 0.15) is 24.8 Å². The maximum absolute atomic E-state index is 12.6. The van der Waals surface area contributed by atoms with Crippen molar-refractivity contribution in [1.82, 2.24) is 9.71 Å². The lowest BCUT2D eigenvalue weighted by molar-refractivity contribution is -0.139. The smallest absolute Gasteiger partial charge is 0.322 e. The van der Waals surface area contributed by atoms with E-state index in [0.29, 0.717) is 6.42 Å². The summed E-state index contributed by atoms with van der Waals surface area (Å²) >= 11 is 4.43. The molecule has 3 atom stereocenters. The van der Waals surface area contributed by atoms with Gasteiger partial charge in [-0.1, -0.05) is 43.0 Å². The molecule has 1 aliphatic rings. The van der Waals surface area contributed by atoms with Gasteiger partial charge in [0.05, 0.1) is 0 Å². The quantitative estimate of drug-likeness (QED) is 0.634. The largest absolute Gasteiger partial charge is 0.480 e. The highest BCUT2D eigenvalue weighted by atomic mass is 79.9. The fourth-order valence-corrected chi connectivity index (χ4v) is 6.89. The molecule has 9 heteroatoms.